The van der Waals surface area contributed by atoms with Crippen LogP contribution in [0.1, 0.15) is 40.5 Å². The molecular formula is C25H24ClFN2O2S. The second-order valence-electron chi connectivity index (χ2n) is 7.78. The number of thiophene rings is 1. The fourth-order valence-electron chi connectivity index (χ4n) is 4.08. The van der Waals surface area contributed by atoms with Crippen LogP contribution in [0.3, 0.4) is 0 Å². The number of amides is 2. The highest BCUT2D eigenvalue weighted by Gasteiger charge is 2.32. The molecule has 166 valence electrons. The van der Waals surface area contributed by atoms with Gasteiger partial charge in [-0.05, 0) is 59.2 Å². The van der Waals surface area contributed by atoms with Crippen LogP contribution >= 0.6 is 22.9 Å². The van der Waals surface area contributed by atoms with Crippen molar-refractivity contribution in [2.45, 2.75) is 31.7 Å². The lowest BCUT2D eigenvalue weighted by molar-refractivity contribution is -0.135. The summed E-state index contributed by atoms with van der Waals surface area (Å²) in [6.45, 7) is 1.06. The Morgan fingerprint density at radius 3 is 2.66 bits per heavy atom. The summed E-state index contributed by atoms with van der Waals surface area (Å²) in [5, 5.41) is 5.58. The van der Waals surface area contributed by atoms with Crippen LogP contribution in [-0.4, -0.2) is 29.8 Å². The number of hydrogen-bond donors (Lipinski definition) is 1. The van der Waals surface area contributed by atoms with Crippen molar-refractivity contribution in [3.8, 4) is 0 Å². The minimum Gasteiger partial charge on any atom is -0.356 e. The molecule has 2 heterocycles. The SMILES string of the molecule is O=C(CCC(=O)N1CCc2sccc2C1c1ccc(F)cc1)NCCc1ccccc1Cl. The van der Waals surface area contributed by atoms with E-state index in [0.29, 0.717) is 24.5 Å². The van der Waals surface area contributed by atoms with Gasteiger partial charge in [-0.15, -0.1) is 11.3 Å². The molecule has 2 amide bonds. The predicted octanol–water partition coefficient (Wildman–Crippen LogP) is 5.15. The lowest BCUT2D eigenvalue weighted by atomic mass is 9.93. The van der Waals surface area contributed by atoms with Gasteiger partial charge in [-0.2, -0.15) is 0 Å². The second kappa shape index (κ2) is 10.3. The molecule has 0 spiro atoms. The van der Waals surface area contributed by atoms with E-state index in [0.717, 1.165) is 23.1 Å². The van der Waals surface area contributed by atoms with Gasteiger partial charge in [-0.1, -0.05) is 41.9 Å². The molecule has 1 atom stereocenters. The molecule has 0 saturated heterocycles. The van der Waals surface area contributed by atoms with E-state index in [1.807, 2.05) is 40.6 Å². The number of halogens is 2. The maximum absolute atomic E-state index is 13.5. The molecular weight excluding hydrogens is 447 g/mol. The Morgan fingerprint density at radius 2 is 1.88 bits per heavy atom. The quantitative estimate of drug-likeness (QED) is 0.519. The maximum Gasteiger partial charge on any atom is 0.223 e. The second-order valence-corrected chi connectivity index (χ2v) is 9.19. The number of benzene rings is 2. The minimum absolute atomic E-state index is 0.0718. The minimum atomic E-state index is -0.304. The topological polar surface area (TPSA) is 49.4 Å². The third kappa shape index (κ3) is 5.19. The Bertz CT molecular complexity index is 1100. The predicted molar refractivity (Wildman–Crippen MR) is 125 cm³/mol. The van der Waals surface area contributed by atoms with Crippen LogP contribution < -0.4 is 5.32 Å². The third-order valence-corrected chi connectivity index (χ3v) is 7.08. The van der Waals surface area contributed by atoms with Crippen LogP contribution in [0.15, 0.2) is 60.0 Å². The van der Waals surface area contributed by atoms with Gasteiger partial charge in [0, 0.05) is 35.8 Å². The molecule has 1 aliphatic heterocycles. The molecule has 3 aromatic rings. The Kier molecular flexibility index (Phi) is 7.22. The van der Waals surface area contributed by atoms with Gasteiger partial charge in [-0.25, -0.2) is 4.39 Å². The summed E-state index contributed by atoms with van der Waals surface area (Å²) in [6.07, 6.45) is 1.69. The van der Waals surface area contributed by atoms with Crippen molar-refractivity contribution < 1.29 is 14.0 Å². The Labute approximate surface area is 196 Å². The Morgan fingerprint density at radius 1 is 1.09 bits per heavy atom. The zero-order valence-electron chi connectivity index (χ0n) is 17.5. The molecule has 1 N–H and O–H groups in total. The summed E-state index contributed by atoms with van der Waals surface area (Å²) in [4.78, 5) is 28.4. The first kappa shape index (κ1) is 22.5. The average Bonchev–Trinajstić information content (AvgIpc) is 3.28. The summed E-state index contributed by atoms with van der Waals surface area (Å²) in [5.41, 5.74) is 2.95. The molecule has 4 rings (SSSR count). The number of fused-ring (bicyclic) bond motifs is 1. The summed E-state index contributed by atoms with van der Waals surface area (Å²) in [5.74, 6) is -0.532. The van der Waals surface area contributed by atoms with Crippen LogP contribution in [0.4, 0.5) is 4.39 Å². The van der Waals surface area contributed by atoms with E-state index in [9.17, 15) is 14.0 Å². The number of hydrogen-bond acceptors (Lipinski definition) is 3. The van der Waals surface area contributed by atoms with Gasteiger partial charge >= 0.3 is 0 Å². The van der Waals surface area contributed by atoms with Gasteiger partial charge in [0.25, 0.3) is 0 Å². The standard InChI is InChI=1S/C25H24ClFN2O2S/c26-21-4-2-1-3-17(21)11-14-28-23(30)9-10-24(31)29-15-12-22-20(13-16-32-22)25(29)18-5-7-19(27)8-6-18/h1-8,13,16,25H,9-12,14-15H2,(H,28,30). The first-order chi connectivity index (χ1) is 15.5. The summed E-state index contributed by atoms with van der Waals surface area (Å²) in [6, 6.07) is 15.6. The van der Waals surface area contributed by atoms with Crippen LogP contribution in [0.2, 0.25) is 5.02 Å². The molecule has 1 unspecified atom stereocenters. The molecule has 0 bridgehead atoms. The average molecular weight is 471 g/mol. The first-order valence-electron chi connectivity index (χ1n) is 10.6. The van der Waals surface area contributed by atoms with Crippen molar-refractivity contribution in [1.82, 2.24) is 10.2 Å². The number of carbonyl (C=O) groups excluding carboxylic acids is 2. The first-order valence-corrected chi connectivity index (χ1v) is 11.9. The van der Waals surface area contributed by atoms with Crippen molar-refractivity contribution in [1.29, 1.82) is 0 Å². The maximum atomic E-state index is 13.5. The van der Waals surface area contributed by atoms with Crippen molar-refractivity contribution >= 4 is 34.8 Å². The van der Waals surface area contributed by atoms with Crippen LogP contribution in [0.5, 0.6) is 0 Å². The lowest BCUT2D eigenvalue weighted by Gasteiger charge is -2.36. The summed E-state index contributed by atoms with van der Waals surface area (Å²) < 4.78 is 13.5. The number of nitrogens with zero attached hydrogens (tertiary/aromatic N) is 1. The van der Waals surface area contributed by atoms with Crippen LogP contribution in [0.25, 0.3) is 0 Å². The number of carbonyl (C=O) groups is 2. The molecule has 0 saturated carbocycles. The summed E-state index contributed by atoms with van der Waals surface area (Å²) >= 11 is 7.83. The fraction of sp³-hybridized carbons (Fsp3) is 0.280. The smallest absolute Gasteiger partial charge is 0.223 e. The molecule has 1 aromatic heterocycles. The molecule has 1 aliphatic rings. The van der Waals surface area contributed by atoms with Gasteiger partial charge < -0.3 is 10.2 Å². The number of nitrogens with one attached hydrogen (secondary N) is 1. The largest absolute Gasteiger partial charge is 0.356 e. The van der Waals surface area contributed by atoms with E-state index in [4.69, 9.17) is 11.6 Å². The molecule has 32 heavy (non-hydrogen) atoms. The van der Waals surface area contributed by atoms with Gasteiger partial charge in [0.1, 0.15) is 5.82 Å². The highest BCUT2D eigenvalue weighted by molar-refractivity contribution is 7.10. The van der Waals surface area contributed by atoms with E-state index >= 15 is 0 Å². The fourth-order valence-corrected chi connectivity index (χ4v) is 5.21. The molecule has 7 heteroatoms. The van der Waals surface area contributed by atoms with Crippen molar-refractivity contribution in [2.75, 3.05) is 13.1 Å². The number of rotatable bonds is 7. The van der Waals surface area contributed by atoms with E-state index in [1.54, 1.807) is 23.5 Å². The molecule has 0 radical (unpaired) electrons. The Hall–Kier alpha value is -2.70. The highest BCUT2D eigenvalue weighted by Crippen LogP contribution is 2.38. The van der Waals surface area contributed by atoms with Gasteiger partial charge in [0.15, 0.2) is 0 Å². The van der Waals surface area contributed by atoms with E-state index in [1.165, 1.54) is 17.0 Å². The third-order valence-electron chi connectivity index (χ3n) is 5.71. The van der Waals surface area contributed by atoms with Gasteiger partial charge in [0.2, 0.25) is 11.8 Å². The van der Waals surface area contributed by atoms with Crippen LogP contribution in [-0.2, 0) is 22.4 Å². The van der Waals surface area contributed by atoms with Crippen LogP contribution in [0, 0.1) is 5.82 Å². The zero-order chi connectivity index (χ0) is 22.5. The molecule has 0 fully saturated rings. The van der Waals surface area contributed by atoms with Crippen molar-refractivity contribution in [2.24, 2.45) is 0 Å². The molecule has 2 aromatic carbocycles. The summed E-state index contributed by atoms with van der Waals surface area (Å²) in [7, 11) is 0. The van der Waals surface area contributed by atoms with Gasteiger partial charge in [0.05, 0.1) is 6.04 Å². The highest BCUT2D eigenvalue weighted by atomic mass is 35.5. The molecule has 0 aliphatic carbocycles. The molecule has 4 nitrogen and oxygen atoms in total. The van der Waals surface area contributed by atoms with E-state index in [-0.39, 0.29) is 36.5 Å². The van der Waals surface area contributed by atoms with E-state index in [2.05, 4.69) is 5.32 Å². The zero-order valence-corrected chi connectivity index (χ0v) is 19.1. The van der Waals surface area contributed by atoms with Gasteiger partial charge in [-0.3, -0.25) is 9.59 Å². The van der Waals surface area contributed by atoms with E-state index < -0.39 is 0 Å². The lowest BCUT2D eigenvalue weighted by Crippen LogP contribution is -2.40. The monoisotopic (exact) mass is 470 g/mol. The Balaban J connectivity index is 1.36. The van der Waals surface area contributed by atoms with Crippen molar-refractivity contribution in [3.63, 3.8) is 0 Å². The normalized spacial score (nSPS) is 15.3. The van der Waals surface area contributed by atoms with Crippen molar-refractivity contribution in [3.05, 3.63) is 92.4 Å².